The minimum atomic E-state index is -0.201. The lowest BCUT2D eigenvalue weighted by Crippen LogP contribution is -2.56. The second-order valence-electron chi connectivity index (χ2n) is 5.54. The predicted molar refractivity (Wildman–Crippen MR) is 67.9 cm³/mol. The number of amides is 1. The van der Waals surface area contributed by atoms with Crippen molar-refractivity contribution in [1.29, 1.82) is 0 Å². The predicted octanol–water partition coefficient (Wildman–Crippen LogP) is -0.0304. The number of hydrogen-bond acceptors (Lipinski definition) is 4. The summed E-state index contributed by atoms with van der Waals surface area (Å²) in [6.07, 6.45) is 3.10. The Balaban J connectivity index is 2.08. The van der Waals surface area contributed by atoms with Gasteiger partial charge < -0.3 is 20.5 Å². The van der Waals surface area contributed by atoms with Crippen molar-refractivity contribution in [3.63, 3.8) is 0 Å². The summed E-state index contributed by atoms with van der Waals surface area (Å²) in [5.74, 6) is 0.353. The van der Waals surface area contributed by atoms with E-state index in [1.807, 2.05) is 0 Å². The molecule has 1 saturated heterocycles. The van der Waals surface area contributed by atoms with Crippen LogP contribution in [0.15, 0.2) is 0 Å². The molecule has 1 aliphatic carbocycles. The smallest absolute Gasteiger partial charge is 0.228 e. The van der Waals surface area contributed by atoms with Gasteiger partial charge in [0, 0.05) is 12.6 Å². The molecule has 1 amide bonds. The SMILES string of the molecule is CC1CCCC(N)C1C(=O)N1CCOCC1CO. The van der Waals surface area contributed by atoms with Crippen molar-refractivity contribution in [2.24, 2.45) is 17.6 Å². The van der Waals surface area contributed by atoms with Crippen molar-refractivity contribution in [1.82, 2.24) is 4.90 Å². The maximum atomic E-state index is 12.6. The number of ether oxygens (including phenoxy) is 1. The molecule has 2 rings (SSSR count). The van der Waals surface area contributed by atoms with Crippen molar-refractivity contribution < 1.29 is 14.6 Å². The third kappa shape index (κ3) is 2.68. The quantitative estimate of drug-likeness (QED) is 0.727. The molecular weight excluding hydrogens is 232 g/mol. The molecule has 4 atom stereocenters. The van der Waals surface area contributed by atoms with Crippen LogP contribution in [0.4, 0.5) is 0 Å². The number of aliphatic hydroxyl groups excluding tert-OH is 1. The number of aliphatic hydroxyl groups is 1. The third-order valence-electron chi connectivity index (χ3n) is 4.28. The second kappa shape index (κ2) is 5.99. The summed E-state index contributed by atoms with van der Waals surface area (Å²) in [6.45, 7) is 3.62. The normalized spacial score (nSPS) is 37.6. The molecule has 4 unspecified atom stereocenters. The summed E-state index contributed by atoms with van der Waals surface area (Å²) in [5, 5.41) is 9.34. The molecule has 2 fully saturated rings. The molecule has 0 aromatic heterocycles. The highest BCUT2D eigenvalue weighted by Crippen LogP contribution is 2.31. The van der Waals surface area contributed by atoms with Gasteiger partial charge in [-0.15, -0.1) is 0 Å². The minimum Gasteiger partial charge on any atom is -0.394 e. The Morgan fingerprint density at radius 3 is 2.94 bits per heavy atom. The molecule has 3 N–H and O–H groups in total. The van der Waals surface area contributed by atoms with Gasteiger partial charge in [0.05, 0.1) is 31.8 Å². The Morgan fingerprint density at radius 1 is 1.50 bits per heavy atom. The van der Waals surface area contributed by atoms with Gasteiger partial charge in [0.15, 0.2) is 0 Å². The fraction of sp³-hybridized carbons (Fsp3) is 0.923. The average Bonchev–Trinajstić information content (AvgIpc) is 2.38. The van der Waals surface area contributed by atoms with Gasteiger partial charge in [-0.2, -0.15) is 0 Å². The summed E-state index contributed by atoms with van der Waals surface area (Å²) in [7, 11) is 0. The van der Waals surface area contributed by atoms with E-state index in [-0.39, 0.29) is 30.5 Å². The third-order valence-corrected chi connectivity index (χ3v) is 4.28. The Labute approximate surface area is 108 Å². The van der Waals surface area contributed by atoms with E-state index in [1.54, 1.807) is 4.90 Å². The van der Waals surface area contributed by atoms with Gasteiger partial charge in [-0.05, 0) is 18.8 Å². The first-order chi connectivity index (χ1) is 8.65. The topological polar surface area (TPSA) is 75.8 Å². The molecule has 2 aliphatic rings. The number of morpholine rings is 1. The van der Waals surface area contributed by atoms with Crippen LogP contribution in [0.25, 0.3) is 0 Å². The molecule has 18 heavy (non-hydrogen) atoms. The van der Waals surface area contributed by atoms with Crippen molar-refractivity contribution in [2.45, 2.75) is 38.3 Å². The number of carbonyl (C=O) groups is 1. The lowest BCUT2D eigenvalue weighted by Gasteiger charge is -2.41. The molecule has 1 aliphatic heterocycles. The Kier molecular flexibility index (Phi) is 4.59. The van der Waals surface area contributed by atoms with Crippen LogP contribution in [0.2, 0.25) is 0 Å². The van der Waals surface area contributed by atoms with E-state index >= 15 is 0 Å². The first-order valence-electron chi connectivity index (χ1n) is 6.89. The van der Waals surface area contributed by atoms with Gasteiger partial charge in [0.2, 0.25) is 5.91 Å². The lowest BCUT2D eigenvalue weighted by atomic mass is 9.76. The largest absolute Gasteiger partial charge is 0.394 e. The van der Waals surface area contributed by atoms with Crippen LogP contribution in [0.3, 0.4) is 0 Å². The first kappa shape index (κ1) is 13.8. The number of nitrogens with two attached hydrogens (primary N) is 1. The van der Waals surface area contributed by atoms with Crippen LogP contribution in [0.5, 0.6) is 0 Å². The van der Waals surface area contributed by atoms with Crippen LogP contribution in [0, 0.1) is 11.8 Å². The van der Waals surface area contributed by atoms with E-state index in [0.29, 0.717) is 25.7 Å². The highest BCUT2D eigenvalue weighted by molar-refractivity contribution is 5.80. The number of nitrogens with zero attached hydrogens (tertiary/aromatic N) is 1. The van der Waals surface area contributed by atoms with Gasteiger partial charge >= 0.3 is 0 Å². The Hall–Kier alpha value is -0.650. The zero-order chi connectivity index (χ0) is 13.1. The molecule has 0 spiro atoms. The van der Waals surface area contributed by atoms with Gasteiger partial charge in [0.25, 0.3) is 0 Å². The highest BCUT2D eigenvalue weighted by Gasteiger charge is 2.39. The molecule has 0 radical (unpaired) electrons. The standard InChI is InChI=1S/C13H24N2O3/c1-9-3-2-4-11(14)12(9)13(17)15-5-6-18-8-10(15)7-16/h9-12,16H,2-8,14H2,1H3. The van der Waals surface area contributed by atoms with Crippen molar-refractivity contribution in [2.75, 3.05) is 26.4 Å². The van der Waals surface area contributed by atoms with Crippen LogP contribution in [0.1, 0.15) is 26.2 Å². The molecule has 1 heterocycles. The van der Waals surface area contributed by atoms with Crippen LogP contribution in [-0.2, 0) is 9.53 Å². The van der Waals surface area contributed by atoms with Crippen molar-refractivity contribution in [3.8, 4) is 0 Å². The van der Waals surface area contributed by atoms with E-state index < -0.39 is 0 Å². The summed E-state index contributed by atoms with van der Waals surface area (Å²) >= 11 is 0. The highest BCUT2D eigenvalue weighted by atomic mass is 16.5. The van der Waals surface area contributed by atoms with Crippen molar-refractivity contribution >= 4 is 5.91 Å². The molecule has 104 valence electrons. The van der Waals surface area contributed by atoms with Crippen LogP contribution < -0.4 is 5.73 Å². The maximum Gasteiger partial charge on any atom is 0.228 e. The molecule has 0 aromatic rings. The van der Waals surface area contributed by atoms with E-state index in [9.17, 15) is 9.90 Å². The summed E-state index contributed by atoms with van der Waals surface area (Å²) in [5.41, 5.74) is 6.12. The van der Waals surface area contributed by atoms with Gasteiger partial charge in [-0.3, -0.25) is 4.79 Å². The number of hydrogen-bond donors (Lipinski definition) is 2. The van der Waals surface area contributed by atoms with E-state index in [2.05, 4.69) is 6.92 Å². The van der Waals surface area contributed by atoms with E-state index in [4.69, 9.17) is 10.5 Å². The van der Waals surface area contributed by atoms with Crippen LogP contribution in [-0.4, -0.2) is 54.4 Å². The van der Waals surface area contributed by atoms with Gasteiger partial charge in [0.1, 0.15) is 0 Å². The first-order valence-corrected chi connectivity index (χ1v) is 6.89. The summed E-state index contributed by atoms with van der Waals surface area (Å²) < 4.78 is 5.31. The fourth-order valence-electron chi connectivity index (χ4n) is 3.17. The molecule has 1 saturated carbocycles. The molecule has 0 bridgehead atoms. The zero-order valence-corrected chi connectivity index (χ0v) is 11.0. The van der Waals surface area contributed by atoms with Gasteiger partial charge in [-0.25, -0.2) is 0 Å². The maximum absolute atomic E-state index is 12.6. The second-order valence-corrected chi connectivity index (χ2v) is 5.54. The Bertz CT molecular complexity index is 288. The summed E-state index contributed by atoms with van der Waals surface area (Å²) in [4.78, 5) is 14.4. The van der Waals surface area contributed by atoms with Gasteiger partial charge in [-0.1, -0.05) is 13.3 Å². The lowest BCUT2D eigenvalue weighted by molar-refractivity contribution is -0.149. The van der Waals surface area contributed by atoms with E-state index in [0.717, 1.165) is 19.3 Å². The van der Waals surface area contributed by atoms with E-state index in [1.165, 1.54) is 0 Å². The van der Waals surface area contributed by atoms with Crippen LogP contribution >= 0.6 is 0 Å². The molecule has 5 nitrogen and oxygen atoms in total. The zero-order valence-electron chi connectivity index (χ0n) is 11.0. The minimum absolute atomic E-state index is 0.0385. The Morgan fingerprint density at radius 2 is 2.28 bits per heavy atom. The molecule has 0 aromatic carbocycles. The number of carbonyl (C=O) groups excluding carboxylic acids is 1. The molecule has 5 heteroatoms. The number of rotatable bonds is 2. The summed E-state index contributed by atoms with van der Waals surface area (Å²) in [6, 6.07) is -0.240. The molecular formula is C13H24N2O3. The fourth-order valence-corrected chi connectivity index (χ4v) is 3.17. The van der Waals surface area contributed by atoms with Crippen molar-refractivity contribution in [3.05, 3.63) is 0 Å². The monoisotopic (exact) mass is 256 g/mol. The average molecular weight is 256 g/mol.